The molecule has 142 valence electrons. The molecule has 2 aromatic rings. The summed E-state index contributed by atoms with van der Waals surface area (Å²) in [7, 11) is 0. The van der Waals surface area contributed by atoms with E-state index in [-0.39, 0.29) is 5.91 Å². The van der Waals surface area contributed by atoms with Crippen molar-refractivity contribution in [3.63, 3.8) is 0 Å². The summed E-state index contributed by atoms with van der Waals surface area (Å²) in [6, 6.07) is 8.51. The molecule has 1 saturated heterocycles. The lowest BCUT2D eigenvalue weighted by atomic mass is 9.97. The number of fused-ring (bicyclic) bond motifs is 1. The molecule has 5 nitrogen and oxygen atoms in total. The second-order valence-electron chi connectivity index (χ2n) is 7.80. The van der Waals surface area contributed by atoms with Crippen LogP contribution in [0.15, 0.2) is 24.3 Å². The van der Waals surface area contributed by atoms with Gasteiger partial charge in [0.05, 0.1) is 0 Å². The van der Waals surface area contributed by atoms with Gasteiger partial charge < -0.3 is 5.32 Å². The SMILES string of the molecule is Cc1cccc(CCN2C(=O)CCc3c(C)nc([C@@H]4CCCNC4)nc32)c1. The minimum absolute atomic E-state index is 0.181. The molecule has 0 radical (unpaired) electrons. The lowest BCUT2D eigenvalue weighted by Gasteiger charge is -2.31. The molecule has 3 heterocycles. The first-order valence-electron chi connectivity index (χ1n) is 10.1. The number of benzene rings is 1. The van der Waals surface area contributed by atoms with Gasteiger partial charge in [-0.2, -0.15) is 0 Å². The molecule has 2 aliphatic heterocycles. The van der Waals surface area contributed by atoms with Gasteiger partial charge in [0.1, 0.15) is 11.6 Å². The van der Waals surface area contributed by atoms with Crippen LogP contribution in [0.5, 0.6) is 0 Å². The highest BCUT2D eigenvalue weighted by molar-refractivity contribution is 5.95. The summed E-state index contributed by atoms with van der Waals surface area (Å²) in [6.07, 6.45) is 4.42. The van der Waals surface area contributed by atoms with E-state index in [1.165, 1.54) is 11.1 Å². The van der Waals surface area contributed by atoms with E-state index in [1.807, 2.05) is 4.90 Å². The van der Waals surface area contributed by atoms with Crippen LogP contribution < -0.4 is 10.2 Å². The maximum absolute atomic E-state index is 12.7. The molecule has 2 aliphatic rings. The molecular formula is C22H28N4O. The molecule has 0 bridgehead atoms. The Bertz CT molecular complexity index is 842. The van der Waals surface area contributed by atoms with E-state index in [9.17, 15) is 4.79 Å². The third kappa shape index (κ3) is 3.88. The number of carbonyl (C=O) groups is 1. The van der Waals surface area contributed by atoms with E-state index in [4.69, 9.17) is 9.97 Å². The van der Waals surface area contributed by atoms with Gasteiger partial charge in [0.2, 0.25) is 5.91 Å². The number of piperidine rings is 1. The molecule has 1 amide bonds. The lowest BCUT2D eigenvalue weighted by molar-refractivity contribution is -0.118. The van der Waals surface area contributed by atoms with Gasteiger partial charge in [0.15, 0.2) is 0 Å². The number of rotatable bonds is 4. The Morgan fingerprint density at radius 3 is 2.89 bits per heavy atom. The van der Waals surface area contributed by atoms with Crippen molar-refractivity contribution in [2.24, 2.45) is 0 Å². The van der Waals surface area contributed by atoms with Crippen molar-refractivity contribution in [3.05, 3.63) is 52.5 Å². The lowest BCUT2D eigenvalue weighted by Crippen LogP contribution is -2.39. The van der Waals surface area contributed by atoms with Crippen LogP contribution in [0.3, 0.4) is 0 Å². The molecule has 0 aliphatic carbocycles. The standard InChI is InChI=1S/C22H28N4O/c1-15-5-3-6-17(13-15)10-12-26-20(27)9-8-19-16(2)24-21(25-22(19)26)18-7-4-11-23-14-18/h3,5-6,13,18,23H,4,7-12,14H2,1-2H3/t18-/m1/s1. The fourth-order valence-electron chi connectivity index (χ4n) is 4.20. The van der Waals surface area contributed by atoms with E-state index in [0.717, 1.165) is 61.7 Å². The van der Waals surface area contributed by atoms with Gasteiger partial charge in [-0.15, -0.1) is 0 Å². The fraction of sp³-hybridized carbons (Fsp3) is 0.500. The first-order valence-corrected chi connectivity index (χ1v) is 10.1. The van der Waals surface area contributed by atoms with Crippen molar-refractivity contribution < 1.29 is 4.79 Å². The summed E-state index contributed by atoms with van der Waals surface area (Å²) in [4.78, 5) is 24.3. The molecule has 27 heavy (non-hydrogen) atoms. The number of hydrogen-bond donors (Lipinski definition) is 1. The molecule has 1 aromatic heterocycles. The Hall–Kier alpha value is -2.27. The third-order valence-electron chi connectivity index (χ3n) is 5.72. The topological polar surface area (TPSA) is 58.1 Å². The zero-order valence-electron chi connectivity index (χ0n) is 16.3. The van der Waals surface area contributed by atoms with Crippen molar-refractivity contribution in [3.8, 4) is 0 Å². The summed E-state index contributed by atoms with van der Waals surface area (Å²) in [6.45, 7) is 6.84. The van der Waals surface area contributed by atoms with Crippen molar-refractivity contribution in [2.75, 3.05) is 24.5 Å². The number of nitrogens with one attached hydrogen (secondary N) is 1. The van der Waals surface area contributed by atoms with E-state index in [2.05, 4.69) is 43.4 Å². The van der Waals surface area contributed by atoms with E-state index >= 15 is 0 Å². The molecule has 0 saturated carbocycles. The van der Waals surface area contributed by atoms with E-state index in [1.54, 1.807) is 0 Å². The smallest absolute Gasteiger partial charge is 0.228 e. The van der Waals surface area contributed by atoms with Gasteiger partial charge in [-0.05, 0) is 51.6 Å². The number of hydrogen-bond acceptors (Lipinski definition) is 4. The zero-order valence-corrected chi connectivity index (χ0v) is 16.3. The van der Waals surface area contributed by atoms with E-state index in [0.29, 0.717) is 18.9 Å². The van der Waals surface area contributed by atoms with Gasteiger partial charge in [0.25, 0.3) is 0 Å². The first kappa shape index (κ1) is 18.1. The second kappa shape index (κ2) is 7.77. The van der Waals surface area contributed by atoms with Crippen LogP contribution >= 0.6 is 0 Å². The number of nitrogens with zero attached hydrogens (tertiary/aromatic N) is 3. The minimum Gasteiger partial charge on any atom is -0.316 e. The van der Waals surface area contributed by atoms with Gasteiger partial charge in [-0.25, -0.2) is 9.97 Å². The fourth-order valence-corrected chi connectivity index (χ4v) is 4.20. The number of carbonyl (C=O) groups excluding carboxylic acids is 1. The summed E-state index contributed by atoms with van der Waals surface area (Å²) in [5.41, 5.74) is 4.69. The van der Waals surface area contributed by atoms with Crippen molar-refractivity contribution in [1.82, 2.24) is 15.3 Å². The Kier molecular flexibility index (Phi) is 5.21. The average molecular weight is 364 g/mol. The monoisotopic (exact) mass is 364 g/mol. The quantitative estimate of drug-likeness (QED) is 0.906. The minimum atomic E-state index is 0.181. The molecule has 1 N–H and O–H groups in total. The largest absolute Gasteiger partial charge is 0.316 e. The highest BCUT2D eigenvalue weighted by atomic mass is 16.2. The van der Waals surface area contributed by atoms with E-state index < -0.39 is 0 Å². The third-order valence-corrected chi connectivity index (χ3v) is 5.72. The number of anilines is 1. The predicted molar refractivity (Wildman–Crippen MR) is 107 cm³/mol. The predicted octanol–water partition coefficient (Wildman–Crippen LogP) is 3.08. The van der Waals surface area contributed by atoms with Gasteiger partial charge >= 0.3 is 0 Å². The number of amides is 1. The Morgan fingerprint density at radius 2 is 2.11 bits per heavy atom. The second-order valence-corrected chi connectivity index (χ2v) is 7.80. The average Bonchev–Trinajstić information content (AvgIpc) is 2.68. The molecule has 0 unspecified atom stereocenters. The number of aryl methyl sites for hydroxylation is 2. The molecule has 0 spiro atoms. The van der Waals surface area contributed by atoms with Crippen LogP contribution in [0, 0.1) is 13.8 Å². The molecule has 4 rings (SSSR count). The summed E-state index contributed by atoms with van der Waals surface area (Å²) < 4.78 is 0. The Morgan fingerprint density at radius 1 is 1.22 bits per heavy atom. The molecule has 5 heteroatoms. The summed E-state index contributed by atoms with van der Waals surface area (Å²) in [5, 5.41) is 3.44. The van der Waals surface area contributed by atoms with Crippen LogP contribution in [-0.4, -0.2) is 35.5 Å². The zero-order chi connectivity index (χ0) is 18.8. The van der Waals surface area contributed by atoms with Crippen molar-refractivity contribution in [2.45, 2.75) is 51.9 Å². The van der Waals surface area contributed by atoms with Gasteiger partial charge in [-0.1, -0.05) is 29.8 Å². The molecule has 1 fully saturated rings. The van der Waals surface area contributed by atoms with Crippen LogP contribution in [0.25, 0.3) is 0 Å². The summed E-state index contributed by atoms with van der Waals surface area (Å²) >= 11 is 0. The molecule has 1 atom stereocenters. The molecule has 1 aromatic carbocycles. The normalized spacial score (nSPS) is 19.9. The van der Waals surface area contributed by atoms with Crippen LogP contribution in [0.2, 0.25) is 0 Å². The maximum Gasteiger partial charge on any atom is 0.228 e. The molecular weight excluding hydrogens is 336 g/mol. The van der Waals surface area contributed by atoms with Gasteiger partial charge in [-0.3, -0.25) is 9.69 Å². The summed E-state index contributed by atoms with van der Waals surface area (Å²) in [5.74, 6) is 2.28. The van der Waals surface area contributed by atoms with Crippen molar-refractivity contribution >= 4 is 11.7 Å². The maximum atomic E-state index is 12.7. The number of aromatic nitrogens is 2. The highest BCUT2D eigenvalue weighted by Gasteiger charge is 2.29. The van der Waals surface area contributed by atoms with Gasteiger partial charge in [0, 0.05) is 36.7 Å². The Balaban J connectivity index is 1.61. The van der Waals surface area contributed by atoms with Crippen molar-refractivity contribution in [1.29, 1.82) is 0 Å². The van der Waals surface area contributed by atoms with Crippen LogP contribution in [0.4, 0.5) is 5.82 Å². The highest BCUT2D eigenvalue weighted by Crippen LogP contribution is 2.31. The van der Waals surface area contributed by atoms with Crippen LogP contribution in [-0.2, 0) is 17.6 Å². The first-order chi connectivity index (χ1) is 13.1. The van der Waals surface area contributed by atoms with Crippen LogP contribution in [0.1, 0.15) is 53.4 Å². The Labute approximate surface area is 161 Å².